The number of rotatable bonds is 8. The van der Waals surface area contributed by atoms with Gasteiger partial charge < -0.3 is 20.1 Å². The molecule has 0 aliphatic carbocycles. The average Bonchev–Trinajstić information content (AvgIpc) is 2.78. The van der Waals surface area contributed by atoms with Crippen molar-refractivity contribution < 1.29 is 23.9 Å². The van der Waals surface area contributed by atoms with Crippen LogP contribution >= 0.6 is 0 Å². The highest BCUT2D eigenvalue weighted by Crippen LogP contribution is 2.23. The van der Waals surface area contributed by atoms with Crippen LogP contribution in [0.1, 0.15) is 24.2 Å². The van der Waals surface area contributed by atoms with Gasteiger partial charge in [0.25, 0.3) is 11.8 Å². The molecule has 2 amide bonds. The summed E-state index contributed by atoms with van der Waals surface area (Å²) in [6, 6.07) is 19.8. The zero-order chi connectivity index (χ0) is 22.2. The molecule has 3 aromatic carbocycles. The van der Waals surface area contributed by atoms with Gasteiger partial charge in [-0.2, -0.15) is 0 Å². The lowest BCUT2D eigenvalue weighted by Gasteiger charge is -2.15. The number of hydrogen-bond acceptors (Lipinski definition) is 5. The predicted molar refractivity (Wildman–Crippen MR) is 118 cm³/mol. The molecule has 3 rings (SSSR count). The Hall–Kier alpha value is -3.87. The molecule has 0 saturated carbocycles. The predicted octanol–water partition coefficient (Wildman–Crippen LogP) is 3.54. The van der Waals surface area contributed by atoms with Crippen LogP contribution in [0.2, 0.25) is 0 Å². The number of esters is 1. The van der Waals surface area contributed by atoms with E-state index in [0.717, 1.165) is 10.8 Å². The van der Waals surface area contributed by atoms with E-state index >= 15 is 0 Å². The highest BCUT2D eigenvalue weighted by atomic mass is 16.5. The number of hydrogen-bond donors (Lipinski definition) is 2. The van der Waals surface area contributed by atoms with Gasteiger partial charge in [-0.05, 0) is 49.6 Å². The van der Waals surface area contributed by atoms with Crippen molar-refractivity contribution >= 4 is 34.2 Å². The molecular weight excluding hydrogens is 396 g/mol. The maximum Gasteiger partial charge on any atom is 0.326 e. The van der Waals surface area contributed by atoms with Gasteiger partial charge in [0.1, 0.15) is 12.3 Å². The fraction of sp³-hybridized carbons (Fsp3) is 0.208. The molecule has 0 aliphatic heterocycles. The van der Waals surface area contributed by atoms with E-state index in [4.69, 9.17) is 9.47 Å². The van der Waals surface area contributed by atoms with Gasteiger partial charge in [-0.25, -0.2) is 0 Å². The van der Waals surface area contributed by atoms with Gasteiger partial charge >= 0.3 is 5.97 Å². The summed E-state index contributed by atoms with van der Waals surface area (Å²) in [5.41, 5.74) is 1.02. The molecule has 0 bridgehead atoms. The minimum absolute atomic E-state index is 0.349. The number of anilines is 1. The number of carbonyl (C=O) groups is 3. The third kappa shape index (κ3) is 5.82. The quantitative estimate of drug-likeness (QED) is 0.544. The SMILES string of the molecule is CCOc1ccc(C(=O)NCC(=O)O[C@@H](C)C(=O)Nc2cccc3ccccc23)cc1. The number of amides is 2. The van der Waals surface area contributed by atoms with Crippen molar-refractivity contribution in [1.82, 2.24) is 5.32 Å². The van der Waals surface area contributed by atoms with Crippen LogP contribution < -0.4 is 15.4 Å². The van der Waals surface area contributed by atoms with Gasteiger partial charge in [-0.15, -0.1) is 0 Å². The zero-order valence-electron chi connectivity index (χ0n) is 17.4. The highest BCUT2D eigenvalue weighted by Gasteiger charge is 2.19. The summed E-state index contributed by atoms with van der Waals surface area (Å²) in [4.78, 5) is 36.7. The molecular formula is C24H24N2O5. The monoisotopic (exact) mass is 420 g/mol. The maximum absolute atomic E-state index is 12.4. The molecule has 0 fully saturated rings. The summed E-state index contributed by atoms with van der Waals surface area (Å²) < 4.78 is 10.5. The molecule has 1 atom stereocenters. The van der Waals surface area contributed by atoms with E-state index in [2.05, 4.69) is 10.6 Å². The van der Waals surface area contributed by atoms with E-state index in [0.29, 0.717) is 23.6 Å². The first-order valence-corrected chi connectivity index (χ1v) is 9.97. The Labute approximate surface area is 180 Å². The van der Waals surface area contributed by atoms with Crippen molar-refractivity contribution in [2.75, 3.05) is 18.5 Å². The van der Waals surface area contributed by atoms with E-state index < -0.39 is 23.9 Å². The number of carbonyl (C=O) groups excluding carboxylic acids is 3. The molecule has 7 nitrogen and oxygen atoms in total. The summed E-state index contributed by atoms with van der Waals surface area (Å²) in [6.45, 7) is 3.53. The number of benzene rings is 3. The minimum Gasteiger partial charge on any atom is -0.494 e. The van der Waals surface area contributed by atoms with E-state index in [1.54, 1.807) is 30.3 Å². The normalized spacial score (nSPS) is 11.4. The first-order valence-electron chi connectivity index (χ1n) is 9.97. The Morgan fingerprint density at radius 3 is 2.39 bits per heavy atom. The van der Waals surface area contributed by atoms with Crippen LogP contribution in [0.3, 0.4) is 0 Å². The molecule has 2 N–H and O–H groups in total. The largest absolute Gasteiger partial charge is 0.494 e. The smallest absolute Gasteiger partial charge is 0.326 e. The first-order chi connectivity index (χ1) is 15.0. The van der Waals surface area contributed by atoms with E-state index in [1.165, 1.54) is 6.92 Å². The molecule has 31 heavy (non-hydrogen) atoms. The molecule has 0 unspecified atom stereocenters. The minimum atomic E-state index is -1.02. The second-order valence-electron chi connectivity index (χ2n) is 6.79. The van der Waals surface area contributed by atoms with Crippen LogP contribution in [0.4, 0.5) is 5.69 Å². The number of nitrogens with one attached hydrogen (secondary N) is 2. The lowest BCUT2D eigenvalue weighted by molar-refractivity contribution is -0.152. The fourth-order valence-electron chi connectivity index (χ4n) is 2.98. The Morgan fingerprint density at radius 2 is 1.65 bits per heavy atom. The Kier molecular flexibility index (Phi) is 7.22. The van der Waals surface area contributed by atoms with Gasteiger partial charge in [-0.1, -0.05) is 36.4 Å². The van der Waals surface area contributed by atoms with Crippen LogP contribution in [0.5, 0.6) is 5.75 Å². The molecule has 0 radical (unpaired) electrons. The topological polar surface area (TPSA) is 93.7 Å². The van der Waals surface area contributed by atoms with Crippen molar-refractivity contribution in [2.24, 2.45) is 0 Å². The van der Waals surface area contributed by atoms with E-state index in [9.17, 15) is 14.4 Å². The molecule has 0 spiro atoms. The van der Waals surface area contributed by atoms with Crippen LogP contribution in [0.15, 0.2) is 66.7 Å². The number of fused-ring (bicyclic) bond motifs is 1. The van der Waals surface area contributed by atoms with Crippen LogP contribution in [0, 0.1) is 0 Å². The van der Waals surface area contributed by atoms with Crippen LogP contribution in [0.25, 0.3) is 10.8 Å². The third-order valence-corrected chi connectivity index (χ3v) is 4.55. The fourth-order valence-corrected chi connectivity index (χ4v) is 2.98. The van der Waals surface area contributed by atoms with Crippen molar-refractivity contribution in [2.45, 2.75) is 20.0 Å². The maximum atomic E-state index is 12.4. The standard InChI is InChI=1S/C24H24N2O5/c1-3-30-19-13-11-18(12-14-19)24(29)25-15-22(27)31-16(2)23(28)26-21-10-6-8-17-7-4-5-9-20(17)21/h4-14,16H,3,15H2,1-2H3,(H,25,29)(H,26,28)/t16-/m0/s1. The van der Waals surface area contributed by atoms with Crippen molar-refractivity contribution in [1.29, 1.82) is 0 Å². The average molecular weight is 420 g/mol. The second-order valence-corrected chi connectivity index (χ2v) is 6.79. The summed E-state index contributed by atoms with van der Waals surface area (Å²) in [6.07, 6.45) is -1.02. The summed E-state index contributed by atoms with van der Waals surface area (Å²) in [5.74, 6) is -0.931. The first kappa shape index (κ1) is 21.8. The molecule has 160 valence electrons. The Balaban J connectivity index is 1.50. The van der Waals surface area contributed by atoms with E-state index in [-0.39, 0.29) is 6.54 Å². The van der Waals surface area contributed by atoms with Gasteiger partial charge in [0.05, 0.1) is 6.61 Å². The molecule has 0 aliphatic rings. The lowest BCUT2D eigenvalue weighted by atomic mass is 10.1. The van der Waals surface area contributed by atoms with Crippen LogP contribution in [-0.4, -0.2) is 37.0 Å². The Bertz CT molecular complexity index is 1070. The van der Waals surface area contributed by atoms with Gasteiger partial charge in [0, 0.05) is 16.6 Å². The van der Waals surface area contributed by atoms with Gasteiger partial charge in [0.2, 0.25) is 0 Å². The zero-order valence-corrected chi connectivity index (χ0v) is 17.4. The highest BCUT2D eigenvalue weighted by molar-refractivity contribution is 6.04. The van der Waals surface area contributed by atoms with Crippen molar-refractivity contribution in [3.63, 3.8) is 0 Å². The summed E-state index contributed by atoms with van der Waals surface area (Å²) in [7, 11) is 0. The van der Waals surface area contributed by atoms with Gasteiger partial charge in [-0.3, -0.25) is 14.4 Å². The summed E-state index contributed by atoms with van der Waals surface area (Å²) >= 11 is 0. The molecule has 0 aromatic heterocycles. The van der Waals surface area contributed by atoms with Crippen LogP contribution in [-0.2, 0) is 14.3 Å². The van der Waals surface area contributed by atoms with E-state index in [1.807, 2.05) is 43.3 Å². The molecule has 0 heterocycles. The molecule has 3 aromatic rings. The van der Waals surface area contributed by atoms with Crippen molar-refractivity contribution in [3.8, 4) is 5.75 Å². The van der Waals surface area contributed by atoms with Gasteiger partial charge in [0.15, 0.2) is 6.10 Å². The van der Waals surface area contributed by atoms with Crippen molar-refractivity contribution in [3.05, 3.63) is 72.3 Å². The number of ether oxygens (including phenoxy) is 2. The molecule has 7 heteroatoms. The second kappa shape index (κ2) is 10.2. The summed E-state index contributed by atoms with van der Waals surface area (Å²) in [5, 5.41) is 7.14. The lowest BCUT2D eigenvalue weighted by Crippen LogP contribution is -2.35. The molecule has 0 saturated heterocycles. The Morgan fingerprint density at radius 1 is 0.935 bits per heavy atom. The third-order valence-electron chi connectivity index (χ3n) is 4.55.